The second-order valence-corrected chi connectivity index (χ2v) is 16.2. The number of nitrogens with zero attached hydrogens (tertiary/aromatic N) is 7. The van der Waals surface area contributed by atoms with Crippen LogP contribution in [0.4, 0.5) is 44.3 Å². The molecule has 2 fully saturated rings. The second kappa shape index (κ2) is 19.1. The van der Waals surface area contributed by atoms with Crippen LogP contribution in [-0.4, -0.2) is 126 Å². The number of methoxy groups -OCH3 is 2. The molecule has 3 aromatic heterocycles. The number of aromatic nitrogens is 3. The molecule has 0 bridgehead atoms. The minimum atomic E-state index is -2.54. The average Bonchev–Trinajstić information content (AvgIpc) is 3.46. The molecule has 2 unspecified atom stereocenters. The van der Waals surface area contributed by atoms with Crippen molar-refractivity contribution in [1.29, 1.82) is 0 Å². The molecule has 5 heterocycles. The molecule has 58 heavy (non-hydrogen) atoms. The van der Waals surface area contributed by atoms with Gasteiger partial charge in [0.1, 0.15) is 34.3 Å². The van der Waals surface area contributed by atoms with Crippen molar-refractivity contribution >= 4 is 29.4 Å². The zero-order valence-corrected chi connectivity index (χ0v) is 35.1. The van der Waals surface area contributed by atoms with Gasteiger partial charge < -0.3 is 48.8 Å². The lowest BCUT2D eigenvalue weighted by atomic mass is 10.1. The quantitative estimate of drug-likeness (QED) is 0.217. The maximum Gasteiger partial charge on any atom is 0.410 e. The molecule has 3 aromatic rings. The number of carbonyl (C=O) groups excluding carboxylic acids is 2. The number of amides is 2. The highest BCUT2D eigenvalue weighted by atomic mass is 19.3. The Kier molecular flexibility index (Phi) is 15.0. The van der Waals surface area contributed by atoms with Crippen LogP contribution in [-0.2, 0) is 9.47 Å². The van der Waals surface area contributed by atoms with E-state index in [4.69, 9.17) is 24.7 Å². The van der Waals surface area contributed by atoms with Crippen molar-refractivity contribution in [1.82, 2.24) is 24.3 Å². The summed E-state index contributed by atoms with van der Waals surface area (Å²) < 4.78 is 76.5. The van der Waals surface area contributed by atoms with Crippen LogP contribution in [0.5, 0.6) is 11.5 Å². The van der Waals surface area contributed by atoms with Crippen molar-refractivity contribution in [2.75, 3.05) is 69.0 Å². The molecule has 18 heteroatoms. The van der Waals surface area contributed by atoms with Crippen molar-refractivity contribution < 1.29 is 46.1 Å². The van der Waals surface area contributed by atoms with Crippen molar-refractivity contribution in [2.24, 2.45) is 0 Å². The number of rotatable bonds is 9. The highest BCUT2D eigenvalue weighted by molar-refractivity contribution is 5.70. The summed E-state index contributed by atoms with van der Waals surface area (Å²) in [5.74, 6) is 2.15. The molecule has 2 aliphatic rings. The Balaban J connectivity index is 0.000000262. The lowest BCUT2D eigenvalue weighted by Gasteiger charge is -2.42. The molecule has 2 aliphatic heterocycles. The van der Waals surface area contributed by atoms with Crippen LogP contribution < -0.4 is 25.0 Å². The molecule has 2 amide bonds. The number of halogens is 4. The standard InChI is InChI=1S/C23H32F2N4O3.C17H26F2N4O3/c1-15-7-8-16(2)29(15)21-12-19(31-6)18(13-26-21)27-9-10-28(17(14-27)11-20(24)25)22(30)32-23(3,4)5;1-17(2,3)26-16(24)23-6-5-22(10-11(23)7-14(18)19)12-9-21-15(20)8-13(12)25-4/h7-8,12-13,17,20H,9-11,14H2,1-6H3;8-9,11,14H,5-7,10H2,1-4H3,(H2,20,21). The predicted molar refractivity (Wildman–Crippen MR) is 214 cm³/mol. The van der Waals surface area contributed by atoms with Crippen molar-refractivity contribution in [3.63, 3.8) is 0 Å². The summed E-state index contributed by atoms with van der Waals surface area (Å²) in [4.78, 5) is 40.3. The Labute approximate surface area is 338 Å². The average molecular weight is 823 g/mol. The first-order chi connectivity index (χ1) is 27.1. The van der Waals surface area contributed by atoms with Crippen molar-refractivity contribution in [3.8, 4) is 17.3 Å². The third kappa shape index (κ3) is 12.2. The molecule has 0 saturated carbocycles. The Morgan fingerprint density at radius 1 is 0.724 bits per heavy atom. The van der Waals surface area contributed by atoms with E-state index in [2.05, 4.69) is 9.97 Å². The number of hydrogen-bond donors (Lipinski definition) is 1. The normalized spacial score (nSPS) is 17.6. The fourth-order valence-corrected chi connectivity index (χ4v) is 6.90. The van der Waals surface area contributed by atoms with E-state index in [9.17, 15) is 27.2 Å². The first kappa shape index (κ1) is 45.5. The predicted octanol–water partition coefficient (Wildman–Crippen LogP) is 7.33. The van der Waals surface area contributed by atoms with Crippen LogP contribution in [0.15, 0.2) is 36.7 Å². The molecular formula is C40H58F4N8O6. The largest absolute Gasteiger partial charge is 0.494 e. The van der Waals surface area contributed by atoms with Crippen molar-refractivity contribution in [3.05, 3.63) is 48.0 Å². The first-order valence-electron chi connectivity index (χ1n) is 19.1. The molecule has 2 atom stereocenters. The molecule has 5 rings (SSSR count). The van der Waals surface area contributed by atoms with Gasteiger partial charge in [-0.1, -0.05) is 0 Å². The van der Waals surface area contributed by atoms with Crippen molar-refractivity contribution in [2.45, 2.75) is 104 Å². The van der Waals surface area contributed by atoms with E-state index in [0.29, 0.717) is 41.8 Å². The van der Waals surface area contributed by atoms with Gasteiger partial charge in [0.2, 0.25) is 12.9 Å². The summed E-state index contributed by atoms with van der Waals surface area (Å²) in [5.41, 5.74) is 7.75. The highest BCUT2D eigenvalue weighted by Crippen LogP contribution is 2.34. The van der Waals surface area contributed by atoms with Crippen LogP contribution in [0, 0.1) is 13.8 Å². The van der Waals surface area contributed by atoms with Gasteiger partial charge in [-0.05, 0) is 67.5 Å². The van der Waals surface area contributed by atoms with Gasteiger partial charge in [-0.15, -0.1) is 0 Å². The number of ether oxygens (including phenoxy) is 4. The first-order valence-corrected chi connectivity index (χ1v) is 19.1. The molecule has 0 aromatic carbocycles. The van der Waals surface area contributed by atoms with Gasteiger partial charge in [-0.25, -0.2) is 37.1 Å². The topological polar surface area (TPSA) is 141 Å². The van der Waals surface area contributed by atoms with E-state index in [1.807, 2.05) is 46.4 Å². The van der Waals surface area contributed by atoms with Gasteiger partial charge in [0.15, 0.2) is 0 Å². The van der Waals surface area contributed by atoms with Gasteiger partial charge in [-0.2, -0.15) is 0 Å². The molecule has 14 nitrogen and oxygen atoms in total. The molecule has 0 spiro atoms. The number of pyridine rings is 2. The number of nitrogens with two attached hydrogens (primary N) is 1. The number of aryl methyl sites for hydroxylation is 2. The van der Waals surface area contributed by atoms with Crippen LogP contribution >= 0.6 is 0 Å². The summed E-state index contributed by atoms with van der Waals surface area (Å²) in [5, 5.41) is 0. The van der Waals surface area contributed by atoms with Crippen LogP contribution in [0.3, 0.4) is 0 Å². The lowest BCUT2D eigenvalue weighted by Crippen LogP contribution is -2.56. The lowest BCUT2D eigenvalue weighted by molar-refractivity contribution is 0.00383. The van der Waals surface area contributed by atoms with Crippen LogP contribution in [0.25, 0.3) is 5.82 Å². The third-order valence-corrected chi connectivity index (χ3v) is 9.44. The van der Waals surface area contributed by atoms with E-state index in [1.165, 1.54) is 16.9 Å². The summed E-state index contributed by atoms with van der Waals surface area (Å²) in [6, 6.07) is 6.10. The Morgan fingerprint density at radius 3 is 1.53 bits per heavy atom. The maximum atomic E-state index is 13.3. The molecule has 2 N–H and O–H groups in total. The van der Waals surface area contributed by atoms with E-state index < -0.39 is 61.2 Å². The van der Waals surface area contributed by atoms with Gasteiger partial charge in [-0.3, -0.25) is 0 Å². The fourth-order valence-electron chi connectivity index (χ4n) is 6.90. The Hall–Kier alpha value is -5.16. The van der Waals surface area contributed by atoms with E-state index in [0.717, 1.165) is 17.2 Å². The number of carbonyl (C=O) groups is 2. The van der Waals surface area contributed by atoms with E-state index in [-0.39, 0.29) is 26.2 Å². The molecule has 0 radical (unpaired) electrons. The number of alkyl halides is 4. The SMILES string of the molecule is COc1cc(-n2c(C)ccc2C)ncc1N1CCN(C(=O)OC(C)(C)C)C(CC(F)F)C1.COc1cc(N)ncc1N1CCN(C(=O)OC(C)(C)C)C(CC(F)F)C1. The number of nitrogen functional groups attached to an aromatic ring is 1. The van der Waals surface area contributed by atoms with Gasteiger partial charge >= 0.3 is 12.2 Å². The van der Waals surface area contributed by atoms with Crippen LogP contribution in [0.1, 0.15) is 65.8 Å². The monoisotopic (exact) mass is 822 g/mol. The highest BCUT2D eigenvalue weighted by Gasteiger charge is 2.37. The summed E-state index contributed by atoms with van der Waals surface area (Å²) in [6.07, 6.45) is -3.81. The number of piperazine rings is 2. The number of hydrogen-bond acceptors (Lipinski definition) is 11. The minimum absolute atomic E-state index is 0.228. The van der Waals surface area contributed by atoms with Crippen LogP contribution in [0.2, 0.25) is 0 Å². The van der Waals surface area contributed by atoms with E-state index in [1.54, 1.807) is 67.1 Å². The summed E-state index contributed by atoms with van der Waals surface area (Å²) >= 11 is 0. The van der Waals surface area contributed by atoms with Gasteiger partial charge in [0, 0.05) is 75.6 Å². The third-order valence-electron chi connectivity index (χ3n) is 9.44. The molecule has 2 saturated heterocycles. The fraction of sp³-hybridized carbons (Fsp3) is 0.600. The maximum absolute atomic E-state index is 13.3. The molecule has 0 aliphatic carbocycles. The van der Waals surface area contributed by atoms with E-state index >= 15 is 0 Å². The number of anilines is 3. The summed E-state index contributed by atoms with van der Waals surface area (Å²) in [7, 11) is 3.08. The zero-order chi connectivity index (χ0) is 43.1. The Morgan fingerprint density at radius 2 is 1.14 bits per heavy atom. The zero-order valence-electron chi connectivity index (χ0n) is 35.1. The second-order valence-electron chi connectivity index (χ2n) is 16.2. The molecule has 322 valence electrons. The molecular weight excluding hydrogens is 764 g/mol. The van der Waals surface area contributed by atoms with Gasteiger partial charge in [0.25, 0.3) is 0 Å². The summed E-state index contributed by atoms with van der Waals surface area (Å²) in [6.45, 7) is 16.4. The van der Waals surface area contributed by atoms with Gasteiger partial charge in [0.05, 0.1) is 50.1 Å². The minimum Gasteiger partial charge on any atom is -0.494 e. The Bertz CT molecular complexity index is 1830. The smallest absolute Gasteiger partial charge is 0.410 e.